The van der Waals surface area contributed by atoms with Crippen LogP contribution in [0.4, 0.5) is 0 Å². The fourth-order valence-electron chi connectivity index (χ4n) is 4.33. The van der Waals surface area contributed by atoms with Crippen molar-refractivity contribution in [2.24, 2.45) is 0 Å². The molecule has 2 heterocycles. The van der Waals surface area contributed by atoms with E-state index in [4.69, 9.17) is 4.42 Å². The maximum atomic E-state index is 12.4. The van der Waals surface area contributed by atoms with Crippen LogP contribution in [0.15, 0.2) is 58.3 Å². The molecule has 4 rings (SSSR count). The molecule has 0 unspecified atom stereocenters. The molecule has 1 aromatic carbocycles. The summed E-state index contributed by atoms with van der Waals surface area (Å²) in [6, 6.07) is 14.6. The van der Waals surface area contributed by atoms with Crippen LogP contribution >= 0.6 is 11.8 Å². The molecular weight excluding hydrogens is 434 g/mol. The maximum Gasteiger partial charge on any atom is 0.230 e. The molecule has 0 spiro atoms. The van der Waals surface area contributed by atoms with E-state index in [1.165, 1.54) is 43.9 Å². The Bertz CT molecular complexity index is 984. The lowest BCUT2D eigenvalue weighted by Gasteiger charge is -2.31. The second-order valence-corrected chi connectivity index (χ2v) is 9.56. The van der Waals surface area contributed by atoms with Gasteiger partial charge in [-0.25, -0.2) is 0 Å². The van der Waals surface area contributed by atoms with Gasteiger partial charge in [-0.1, -0.05) is 61.4 Å². The quantitative estimate of drug-likeness (QED) is 0.332. The van der Waals surface area contributed by atoms with E-state index < -0.39 is 0 Å². The highest BCUT2D eigenvalue weighted by Gasteiger charge is 2.19. The largest absolute Gasteiger partial charge is 0.461 e. The van der Waals surface area contributed by atoms with Crippen molar-refractivity contribution in [3.63, 3.8) is 0 Å². The Hall–Kier alpha value is -2.58. The van der Waals surface area contributed by atoms with Crippen LogP contribution in [-0.2, 0) is 11.3 Å². The number of benzene rings is 1. The Labute approximate surface area is 199 Å². The van der Waals surface area contributed by atoms with Gasteiger partial charge in [0.1, 0.15) is 0 Å². The summed E-state index contributed by atoms with van der Waals surface area (Å²) in [7, 11) is 2.21. The van der Waals surface area contributed by atoms with E-state index in [2.05, 4.69) is 39.6 Å². The summed E-state index contributed by atoms with van der Waals surface area (Å²) in [6.07, 6.45) is 9.28. The van der Waals surface area contributed by atoms with Crippen LogP contribution in [0.2, 0.25) is 0 Å². The van der Waals surface area contributed by atoms with Crippen molar-refractivity contribution >= 4 is 17.7 Å². The van der Waals surface area contributed by atoms with E-state index in [1.54, 1.807) is 6.26 Å². The zero-order valence-electron chi connectivity index (χ0n) is 19.3. The summed E-state index contributed by atoms with van der Waals surface area (Å²) in [5, 5.41) is 12.4. The number of rotatable bonds is 11. The number of nitrogens with zero attached hydrogens (tertiary/aromatic N) is 4. The normalized spacial score (nSPS) is 14.6. The molecule has 176 valence electrons. The lowest BCUT2D eigenvalue weighted by atomic mass is 9.94. The molecule has 0 atom stereocenters. The Morgan fingerprint density at radius 3 is 2.73 bits per heavy atom. The average molecular weight is 468 g/mol. The van der Waals surface area contributed by atoms with Crippen molar-refractivity contribution in [3.8, 4) is 11.6 Å². The molecular formula is C25H33N5O2S. The minimum atomic E-state index is 0.0223. The van der Waals surface area contributed by atoms with Crippen molar-refractivity contribution in [1.29, 1.82) is 0 Å². The van der Waals surface area contributed by atoms with Crippen molar-refractivity contribution < 1.29 is 9.21 Å². The molecule has 33 heavy (non-hydrogen) atoms. The number of thioether (sulfide) groups is 1. The molecule has 3 aromatic rings. The Morgan fingerprint density at radius 1 is 1.15 bits per heavy atom. The highest BCUT2D eigenvalue weighted by Crippen LogP contribution is 2.25. The molecule has 0 aliphatic heterocycles. The second kappa shape index (κ2) is 12.0. The van der Waals surface area contributed by atoms with Crippen LogP contribution in [0.25, 0.3) is 11.6 Å². The molecule has 8 heteroatoms. The Kier molecular flexibility index (Phi) is 8.60. The summed E-state index contributed by atoms with van der Waals surface area (Å²) in [6.45, 7) is 2.34. The fourth-order valence-corrected chi connectivity index (χ4v) is 5.10. The standard InChI is InChI=1S/C25H33N5O2S/c1-29(21-12-6-3-7-13-21)16-9-15-26-23(31)19-33-25-28-27-24(22-14-8-17-32-22)30(25)18-20-10-4-2-5-11-20/h2,4-5,8,10-11,14,17,21H,3,6-7,9,12-13,15-16,18-19H2,1H3,(H,26,31). The minimum absolute atomic E-state index is 0.0223. The topological polar surface area (TPSA) is 76.2 Å². The number of nitrogens with one attached hydrogen (secondary N) is 1. The van der Waals surface area contributed by atoms with Gasteiger partial charge in [0.25, 0.3) is 0 Å². The van der Waals surface area contributed by atoms with Crippen LogP contribution in [0.3, 0.4) is 0 Å². The molecule has 1 amide bonds. The van der Waals surface area contributed by atoms with Gasteiger partial charge in [-0.15, -0.1) is 10.2 Å². The van der Waals surface area contributed by atoms with Crippen LogP contribution in [0, 0.1) is 0 Å². The average Bonchev–Trinajstić information content (AvgIpc) is 3.52. The van der Waals surface area contributed by atoms with Gasteiger partial charge in [-0.05, 0) is 50.6 Å². The van der Waals surface area contributed by atoms with Crippen LogP contribution < -0.4 is 5.32 Å². The van der Waals surface area contributed by atoms with E-state index in [1.807, 2.05) is 34.9 Å². The number of furan rings is 1. The second-order valence-electron chi connectivity index (χ2n) is 8.62. The van der Waals surface area contributed by atoms with E-state index in [0.717, 1.165) is 18.5 Å². The number of hydrogen-bond donors (Lipinski definition) is 1. The third kappa shape index (κ3) is 6.71. The summed E-state index contributed by atoms with van der Waals surface area (Å²) in [5.74, 6) is 1.66. The number of aromatic nitrogens is 3. The first-order valence-corrected chi connectivity index (χ1v) is 12.8. The number of carbonyl (C=O) groups is 1. The fraction of sp³-hybridized carbons (Fsp3) is 0.480. The highest BCUT2D eigenvalue weighted by molar-refractivity contribution is 7.99. The van der Waals surface area contributed by atoms with Gasteiger partial charge in [0.05, 0.1) is 18.6 Å². The summed E-state index contributed by atoms with van der Waals surface area (Å²) >= 11 is 1.40. The number of carbonyl (C=O) groups excluding carboxylic acids is 1. The third-order valence-corrected chi connectivity index (χ3v) is 7.15. The van der Waals surface area contributed by atoms with Gasteiger partial charge in [-0.2, -0.15) is 0 Å². The predicted octanol–water partition coefficient (Wildman–Crippen LogP) is 4.45. The monoisotopic (exact) mass is 467 g/mol. The van der Waals surface area contributed by atoms with Crippen molar-refractivity contribution in [2.75, 3.05) is 25.9 Å². The van der Waals surface area contributed by atoms with Gasteiger partial charge >= 0.3 is 0 Å². The zero-order valence-corrected chi connectivity index (χ0v) is 20.1. The van der Waals surface area contributed by atoms with Gasteiger partial charge in [0.15, 0.2) is 10.9 Å². The van der Waals surface area contributed by atoms with Crippen molar-refractivity contribution in [2.45, 2.75) is 56.3 Å². The minimum Gasteiger partial charge on any atom is -0.461 e. The van der Waals surface area contributed by atoms with Crippen LogP contribution in [-0.4, -0.2) is 57.5 Å². The molecule has 7 nitrogen and oxygen atoms in total. The number of hydrogen-bond acceptors (Lipinski definition) is 6. The summed E-state index contributed by atoms with van der Waals surface area (Å²) in [5.41, 5.74) is 1.14. The molecule has 1 aliphatic carbocycles. The first kappa shape index (κ1) is 23.6. The lowest BCUT2D eigenvalue weighted by molar-refractivity contribution is -0.118. The van der Waals surface area contributed by atoms with Crippen LogP contribution in [0.5, 0.6) is 0 Å². The van der Waals surface area contributed by atoms with Crippen LogP contribution in [0.1, 0.15) is 44.1 Å². The highest BCUT2D eigenvalue weighted by atomic mass is 32.2. The zero-order chi connectivity index (χ0) is 22.9. The Balaban J connectivity index is 1.28. The van der Waals surface area contributed by atoms with Gasteiger partial charge < -0.3 is 14.6 Å². The predicted molar refractivity (Wildman–Crippen MR) is 131 cm³/mol. The Morgan fingerprint density at radius 2 is 1.97 bits per heavy atom. The molecule has 1 aliphatic rings. The van der Waals surface area contributed by atoms with Gasteiger partial charge in [0, 0.05) is 12.6 Å². The van der Waals surface area contributed by atoms with E-state index in [-0.39, 0.29) is 5.91 Å². The summed E-state index contributed by atoms with van der Waals surface area (Å²) < 4.78 is 7.55. The van der Waals surface area contributed by atoms with Crippen molar-refractivity contribution in [1.82, 2.24) is 25.0 Å². The maximum absolute atomic E-state index is 12.4. The van der Waals surface area contributed by atoms with Gasteiger partial charge in [-0.3, -0.25) is 9.36 Å². The summed E-state index contributed by atoms with van der Waals surface area (Å²) in [4.78, 5) is 14.9. The smallest absolute Gasteiger partial charge is 0.230 e. The SMILES string of the molecule is CN(CCCNC(=O)CSc1nnc(-c2ccco2)n1Cc1ccccc1)C1CCCCC1. The molecule has 2 aromatic heterocycles. The van der Waals surface area contributed by atoms with Crippen molar-refractivity contribution in [3.05, 3.63) is 54.3 Å². The molecule has 0 radical (unpaired) electrons. The first-order valence-electron chi connectivity index (χ1n) is 11.8. The van der Waals surface area contributed by atoms with E-state index >= 15 is 0 Å². The lowest BCUT2D eigenvalue weighted by Crippen LogP contribution is -2.36. The first-order chi connectivity index (χ1) is 16.2. The number of amides is 1. The molecule has 0 bridgehead atoms. The molecule has 1 fully saturated rings. The third-order valence-electron chi connectivity index (χ3n) is 6.18. The molecule has 1 N–H and O–H groups in total. The molecule has 0 saturated heterocycles. The molecule has 1 saturated carbocycles. The van der Waals surface area contributed by atoms with Gasteiger partial charge in [0.2, 0.25) is 11.7 Å². The van der Waals surface area contributed by atoms with E-state index in [9.17, 15) is 4.79 Å². The van der Waals surface area contributed by atoms with E-state index in [0.29, 0.717) is 41.6 Å².